The highest BCUT2D eigenvalue weighted by molar-refractivity contribution is 5.82. The first-order valence-corrected chi connectivity index (χ1v) is 5.27. The lowest BCUT2D eigenvalue weighted by Gasteiger charge is -2.35. The van der Waals surface area contributed by atoms with Crippen LogP contribution < -0.4 is 0 Å². The van der Waals surface area contributed by atoms with Crippen molar-refractivity contribution in [2.45, 2.75) is 24.7 Å². The standard InChI is InChI=1S/C11H11N3O2/c15-10(16)11(3-1-4-11)8-7-9-12-5-2-6-14(9)13-8/h2,5-7H,1,3-4H2,(H,15,16). The van der Waals surface area contributed by atoms with E-state index in [0.29, 0.717) is 24.2 Å². The minimum Gasteiger partial charge on any atom is -0.481 e. The lowest BCUT2D eigenvalue weighted by molar-refractivity contribution is -0.147. The molecule has 2 heterocycles. The molecule has 1 N–H and O–H groups in total. The van der Waals surface area contributed by atoms with Gasteiger partial charge in [0.05, 0.1) is 5.69 Å². The summed E-state index contributed by atoms with van der Waals surface area (Å²) in [5.74, 6) is -0.776. The summed E-state index contributed by atoms with van der Waals surface area (Å²) in [4.78, 5) is 15.5. The fourth-order valence-electron chi connectivity index (χ4n) is 2.17. The molecule has 0 aliphatic heterocycles. The van der Waals surface area contributed by atoms with E-state index in [4.69, 9.17) is 0 Å². The Morgan fingerprint density at radius 3 is 2.88 bits per heavy atom. The normalized spacial score (nSPS) is 18.2. The van der Waals surface area contributed by atoms with Crippen molar-refractivity contribution in [3.63, 3.8) is 0 Å². The SMILES string of the molecule is O=C(O)C1(c2cc3ncccn3n2)CCC1. The molecular formula is C11H11N3O2. The van der Waals surface area contributed by atoms with Gasteiger partial charge in [-0.3, -0.25) is 4.79 Å². The van der Waals surface area contributed by atoms with Crippen molar-refractivity contribution in [2.24, 2.45) is 0 Å². The van der Waals surface area contributed by atoms with Gasteiger partial charge < -0.3 is 5.11 Å². The van der Waals surface area contributed by atoms with Crippen LogP contribution in [0, 0.1) is 0 Å². The smallest absolute Gasteiger partial charge is 0.315 e. The second-order valence-corrected chi connectivity index (χ2v) is 4.19. The summed E-state index contributed by atoms with van der Waals surface area (Å²) in [6.07, 6.45) is 5.75. The number of nitrogens with zero attached hydrogens (tertiary/aromatic N) is 3. The van der Waals surface area contributed by atoms with Crippen LogP contribution in [-0.4, -0.2) is 25.7 Å². The zero-order chi connectivity index (χ0) is 11.2. The Kier molecular flexibility index (Phi) is 1.77. The maximum atomic E-state index is 11.3. The Bertz CT molecular complexity index is 524. The molecule has 1 aliphatic carbocycles. The predicted molar refractivity (Wildman–Crippen MR) is 56.2 cm³/mol. The fraction of sp³-hybridized carbons (Fsp3) is 0.364. The van der Waals surface area contributed by atoms with Crippen molar-refractivity contribution in [2.75, 3.05) is 0 Å². The maximum Gasteiger partial charge on any atom is 0.315 e. The third kappa shape index (κ3) is 1.08. The van der Waals surface area contributed by atoms with Gasteiger partial charge >= 0.3 is 5.97 Å². The number of aliphatic carboxylic acids is 1. The molecule has 0 saturated heterocycles. The van der Waals surface area contributed by atoms with Gasteiger partial charge in [-0.15, -0.1) is 0 Å². The van der Waals surface area contributed by atoms with E-state index in [1.807, 2.05) is 0 Å². The monoisotopic (exact) mass is 217 g/mol. The first-order valence-electron chi connectivity index (χ1n) is 5.27. The van der Waals surface area contributed by atoms with Gasteiger partial charge in [0.2, 0.25) is 0 Å². The molecule has 1 saturated carbocycles. The summed E-state index contributed by atoms with van der Waals surface area (Å²) >= 11 is 0. The van der Waals surface area contributed by atoms with Gasteiger partial charge in [-0.05, 0) is 18.9 Å². The molecule has 3 rings (SSSR count). The van der Waals surface area contributed by atoms with Crippen LogP contribution in [0.2, 0.25) is 0 Å². The first-order chi connectivity index (χ1) is 7.72. The number of aromatic nitrogens is 3. The van der Waals surface area contributed by atoms with Crippen LogP contribution in [0.4, 0.5) is 0 Å². The van der Waals surface area contributed by atoms with Crippen molar-refractivity contribution >= 4 is 11.6 Å². The molecule has 2 aromatic heterocycles. The summed E-state index contributed by atoms with van der Waals surface area (Å²) < 4.78 is 1.62. The fourth-order valence-corrected chi connectivity index (χ4v) is 2.17. The van der Waals surface area contributed by atoms with Crippen LogP contribution in [0.5, 0.6) is 0 Å². The van der Waals surface area contributed by atoms with Crippen LogP contribution in [-0.2, 0) is 10.2 Å². The number of carboxylic acids is 1. The highest BCUT2D eigenvalue weighted by Crippen LogP contribution is 2.43. The molecule has 2 aromatic rings. The van der Waals surface area contributed by atoms with E-state index < -0.39 is 11.4 Å². The molecule has 16 heavy (non-hydrogen) atoms. The number of rotatable bonds is 2. The number of hydrogen-bond donors (Lipinski definition) is 1. The maximum absolute atomic E-state index is 11.3. The van der Waals surface area contributed by atoms with Gasteiger partial charge in [0.25, 0.3) is 0 Å². The average Bonchev–Trinajstić information content (AvgIpc) is 2.58. The molecular weight excluding hydrogens is 206 g/mol. The lowest BCUT2D eigenvalue weighted by Crippen LogP contribution is -2.42. The zero-order valence-corrected chi connectivity index (χ0v) is 8.63. The average molecular weight is 217 g/mol. The van der Waals surface area contributed by atoms with Crippen LogP contribution in [0.3, 0.4) is 0 Å². The first kappa shape index (κ1) is 9.33. The molecule has 1 fully saturated rings. The molecule has 0 atom stereocenters. The second kappa shape index (κ2) is 3.04. The molecule has 0 radical (unpaired) electrons. The van der Waals surface area contributed by atoms with Gasteiger partial charge in [0.15, 0.2) is 5.65 Å². The molecule has 0 bridgehead atoms. The van der Waals surface area contributed by atoms with Gasteiger partial charge in [-0.2, -0.15) is 5.10 Å². The van der Waals surface area contributed by atoms with E-state index in [-0.39, 0.29) is 0 Å². The van der Waals surface area contributed by atoms with E-state index in [0.717, 1.165) is 6.42 Å². The van der Waals surface area contributed by atoms with Crippen LogP contribution in [0.15, 0.2) is 24.5 Å². The quantitative estimate of drug-likeness (QED) is 0.821. The molecule has 0 spiro atoms. The molecule has 5 nitrogen and oxygen atoms in total. The van der Waals surface area contributed by atoms with Crippen LogP contribution >= 0.6 is 0 Å². The molecule has 0 unspecified atom stereocenters. The van der Waals surface area contributed by atoms with Crippen molar-refractivity contribution < 1.29 is 9.90 Å². The molecule has 82 valence electrons. The summed E-state index contributed by atoms with van der Waals surface area (Å²) in [6.45, 7) is 0. The number of hydrogen-bond acceptors (Lipinski definition) is 3. The van der Waals surface area contributed by atoms with Crippen molar-refractivity contribution in [1.29, 1.82) is 0 Å². The van der Waals surface area contributed by atoms with E-state index >= 15 is 0 Å². The summed E-state index contributed by atoms with van der Waals surface area (Å²) in [6, 6.07) is 3.55. The Morgan fingerprint density at radius 2 is 2.31 bits per heavy atom. The largest absolute Gasteiger partial charge is 0.481 e. The zero-order valence-electron chi connectivity index (χ0n) is 8.63. The topological polar surface area (TPSA) is 67.5 Å². The Morgan fingerprint density at radius 1 is 1.50 bits per heavy atom. The van der Waals surface area contributed by atoms with E-state index in [1.165, 1.54) is 0 Å². The number of carboxylic acid groups (broad SMARTS) is 1. The third-order valence-corrected chi connectivity index (χ3v) is 3.34. The van der Waals surface area contributed by atoms with Gasteiger partial charge in [-0.1, -0.05) is 6.42 Å². The van der Waals surface area contributed by atoms with Crippen molar-refractivity contribution in [1.82, 2.24) is 14.6 Å². The van der Waals surface area contributed by atoms with Crippen LogP contribution in [0.1, 0.15) is 25.0 Å². The molecule has 0 amide bonds. The predicted octanol–water partition coefficient (Wildman–Crippen LogP) is 1.24. The van der Waals surface area contributed by atoms with E-state index in [1.54, 1.807) is 29.0 Å². The Labute approximate surface area is 91.7 Å². The number of carbonyl (C=O) groups is 1. The minimum atomic E-state index is -0.776. The minimum absolute atomic E-state index is 0.630. The van der Waals surface area contributed by atoms with Crippen molar-refractivity contribution in [3.8, 4) is 0 Å². The van der Waals surface area contributed by atoms with Crippen LogP contribution in [0.25, 0.3) is 5.65 Å². The lowest BCUT2D eigenvalue weighted by atomic mass is 9.67. The summed E-state index contributed by atoms with van der Waals surface area (Å²) in [5, 5.41) is 13.6. The summed E-state index contributed by atoms with van der Waals surface area (Å²) in [5.41, 5.74) is 0.559. The van der Waals surface area contributed by atoms with Gasteiger partial charge in [0.1, 0.15) is 5.41 Å². The summed E-state index contributed by atoms with van der Waals surface area (Å²) in [7, 11) is 0. The van der Waals surface area contributed by atoms with Gasteiger partial charge in [0, 0.05) is 18.5 Å². The third-order valence-electron chi connectivity index (χ3n) is 3.34. The number of fused-ring (bicyclic) bond motifs is 1. The highest BCUT2D eigenvalue weighted by Gasteiger charge is 2.48. The highest BCUT2D eigenvalue weighted by atomic mass is 16.4. The van der Waals surface area contributed by atoms with Crippen molar-refractivity contribution in [3.05, 3.63) is 30.2 Å². The van der Waals surface area contributed by atoms with E-state index in [2.05, 4.69) is 10.1 Å². The molecule has 0 aromatic carbocycles. The van der Waals surface area contributed by atoms with E-state index in [9.17, 15) is 9.90 Å². The Balaban J connectivity index is 2.15. The molecule has 5 heteroatoms. The Hall–Kier alpha value is -1.91. The van der Waals surface area contributed by atoms with Gasteiger partial charge in [-0.25, -0.2) is 9.50 Å². The molecule has 1 aliphatic rings. The second-order valence-electron chi connectivity index (χ2n) is 4.19.